The van der Waals surface area contributed by atoms with Crippen LogP contribution in [-0.4, -0.2) is 58.8 Å². The van der Waals surface area contributed by atoms with Crippen LogP contribution in [0.3, 0.4) is 0 Å². The van der Waals surface area contributed by atoms with Crippen LogP contribution in [0.4, 0.5) is 5.69 Å². The molecule has 2 aliphatic rings. The second kappa shape index (κ2) is 11.7. The molecule has 0 radical (unpaired) electrons. The fourth-order valence-electron chi connectivity index (χ4n) is 6.13. The molecule has 4 aromatic rings. The van der Waals surface area contributed by atoms with E-state index in [0.29, 0.717) is 5.92 Å². The Morgan fingerprint density at radius 2 is 1.74 bits per heavy atom. The quantitative estimate of drug-likeness (QED) is 0.266. The molecule has 0 saturated carbocycles. The van der Waals surface area contributed by atoms with Crippen molar-refractivity contribution in [1.29, 1.82) is 0 Å². The second-order valence-corrected chi connectivity index (χ2v) is 11.2. The molecule has 38 heavy (non-hydrogen) atoms. The zero-order valence-corrected chi connectivity index (χ0v) is 22.7. The molecule has 1 N–H and O–H groups in total. The first-order valence-electron chi connectivity index (χ1n) is 14.5. The minimum absolute atomic E-state index is 0.682. The Labute approximate surface area is 226 Å². The first-order valence-corrected chi connectivity index (χ1v) is 14.5. The lowest BCUT2D eigenvalue weighted by Crippen LogP contribution is -2.35. The average molecular weight is 512 g/mol. The molecular weight excluding hydrogens is 470 g/mol. The summed E-state index contributed by atoms with van der Waals surface area (Å²) in [5, 5.41) is 9.86. The van der Waals surface area contributed by atoms with Crippen molar-refractivity contribution in [3.8, 4) is 11.3 Å². The molecule has 200 valence electrons. The number of nitrogens with zero attached hydrogens (tertiary/aromatic N) is 4. The molecule has 0 unspecified atom stereocenters. The highest BCUT2D eigenvalue weighted by molar-refractivity contribution is 5.95. The SMILES string of the molecule is Cc1ccc(-c2cc(NCC3CCN(Cc4ccccc4)CC3)c3cnn(CCCN4CCCC4)c3c2)o1. The Balaban J connectivity index is 1.13. The van der Waals surface area contributed by atoms with Gasteiger partial charge >= 0.3 is 0 Å². The van der Waals surface area contributed by atoms with Gasteiger partial charge in [0.1, 0.15) is 11.5 Å². The smallest absolute Gasteiger partial charge is 0.134 e. The summed E-state index contributed by atoms with van der Waals surface area (Å²) in [6.07, 6.45) is 8.33. The zero-order chi connectivity index (χ0) is 25.7. The summed E-state index contributed by atoms with van der Waals surface area (Å²) in [7, 11) is 0. The van der Waals surface area contributed by atoms with E-state index in [-0.39, 0.29) is 0 Å². The van der Waals surface area contributed by atoms with Gasteiger partial charge in [0.05, 0.1) is 11.7 Å². The van der Waals surface area contributed by atoms with Gasteiger partial charge in [-0.05, 0) is 107 Å². The van der Waals surface area contributed by atoms with Crippen LogP contribution in [-0.2, 0) is 13.1 Å². The number of nitrogens with one attached hydrogen (secondary N) is 1. The number of benzene rings is 2. The van der Waals surface area contributed by atoms with Crippen LogP contribution in [0.15, 0.2) is 65.2 Å². The standard InChI is InChI=1S/C32H41N5O/c1-25-10-11-32(38-25)28-20-30(29-23-34-37(31(29)21-28)17-7-16-35-14-5-6-15-35)33-22-26-12-18-36(19-13-26)24-27-8-3-2-4-9-27/h2-4,8-11,20-21,23,26,33H,5-7,12-19,22,24H2,1H3. The van der Waals surface area contributed by atoms with Crippen LogP contribution in [0.2, 0.25) is 0 Å². The van der Waals surface area contributed by atoms with Gasteiger partial charge in [-0.1, -0.05) is 30.3 Å². The van der Waals surface area contributed by atoms with E-state index in [4.69, 9.17) is 9.52 Å². The lowest BCUT2D eigenvalue weighted by Gasteiger charge is -2.32. The van der Waals surface area contributed by atoms with Crippen LogP contribution in [0.1, 0.15) is 43.4 Å². The monoisotopic (exact) mass is 511 g/mol. The molecule has 0 bridgehead atoms. The topological polar surface area (TPSA) is 49.5 Å². The molecule has 6 nitrogen and oxygen atoms in total. The van der Waals surface area contributed by atoms with E-state index in [1.807, 2.05) is 19.2 Å². The fourth-order valence-corrected chi connectivity index (χ4v) is 6.13. The third-order valence-electron chi connectivity index (χ3n) is 8.37. The van der Waals surface area contributed by atoms with E-state index in [2.05, 4.69) is 68.3 Å². The van der Waals surface area contributed by atoms with E-state index in [1.54, 1.807) is 0 Å². The molecule has 2 aromatic heterocycles. The number of piperidine rings is 1. The van der Waals surface area contributed by atoms with Crippen molar-refractivity contribution in [2.24, 2.45) is 5.92 Å². The summed E-state index contributed by atoms with van der Waals surface area (Å²) in [6, 6.07) is 19.5. The van der Waals surface area contributed by atoms with Crippen molar-refractivity contribution < 1.29 is 4.42 Å². The van der Waals surface area contributed by atoms with Gasteiger partial charge in [-0.2, -0.15) is 5.10 Å². The van der Waals surface area contributed by atoms with Gasteiger partial charge in [0, 0.05) is 36.3 Å². The van der Waals surface area contributed by atoms with E-state index >= 15 is 0 Å². The number of hydrogen-bond donors (Lipinski definition) is 1. The largest absolute Gasteiger partial charge is 0.461 e. The first kappa shape index (κ1) is 25.2. The molecule has 0 amide bonds. The Bertz CT molecular complexity index is 1310. The van der Waals surface area contributed by atoms with Crippen LogP contribution < -0.4 is 5.32 Å². The summed E-state index contributed by atoms with van der Waals surface area (Å²) in [5.41, 5.74) is 4.89. The summed E-state index contributed by atoms with van der Waals surface area (Å²) in [4.78, 5) is 5.18. The van der Waals surface area contributed by atoms with E-state index < -0.39 is 0 Å². The summed E-state index contributed by atoms with van der Waals surface area (Å²) >= 11 is 0. The lowest BCUT2D eigenvalue weighted by atomic mass is 9.96. The van der Waals surface area contributed by atoms with Gasteiger partial charge in [-0.25, -0.2) is 0 Å². The van der Waals surface area contributed by atoms with Crippen molar-refractivity contribution in [2.75, 3.05) is 44.6 Å². The molecule has 4 heterocycles. The second-order valence-electron chi connectivity index (χ2n) is 11.2. The molecule has 6 rings (SSSR count). The normalized spacial score (nSPS) is 17.5. The van der Waals surface area contributed by atoms with Crippen molar-refractivity contribution in [3.63, 3.8) is 0 Å². The molecule has 2 fully saturated rings. The Hall–Kier alpha value is -3.09. The maximum atomic E-state index is 6.02. The van der Waals surface area contributed by atoms with Gasteiger partial charge in [0.15, 0.2) is 0 Å². The predicted molar refractivity (Wildman–Crippen MR) is 155 cm³/mol. The number of aromatic nitrogens is 2. The third kappa shape index (κ3) is 5.97. The maximum Gasteiger partial charge on any atom is 0.134 e. The number of anilines is 1. The molecule has 2 saturated heterocycles. The predicted octanol–water partition coefficient (Wildman–Crippen LogP) is 6.41. The Morgan fingerprint density at radius 3 is 2.50 bits per heavy atom. The highest BCUT2D eigenvalue weighted by Gasteiger charge is 2.20. The minimum atomic E-state index is 0.682. The molecule has 0 spiro atoms. The van der Waals surface area contributed by atoms with Crippen LogP contribution in [0.5, 0.6) is 0 Å². The van der Waals surface area contributed by atoms with Crippen molar-refractivity contribution >= 4 is 16.6 Å². The number of hydrogen-bond acceptors (Lipinski definition) is 5. The molecule has 2 aromatic carbocycles. The van der Waals surface area contributed by atoms with Gasteiger partial charge in [-0.15, -0.1) is 0 Å². The third-order valence-corrected chi connectivity index (χ3v) is 8.37. The van der Waals surface area contributed by atoms with Gasteiger partial charge < -0.3 is 14.6 Å². The van der Waals surface area contributed by atoms with Crippen molar-refractivity contribution in [1.82, 2.24) is 19.6 Å². The number of furan rings is 1. The molecule has 6 heteroatoms. The molecule has 0 atom stereocenters. The van der Waals surface area contributed by atoms with Crippen LogP contribution in [0, 0.1) is 12.8 Å². The molecular formula is C32H41N5O. The zero-order valence-electron chi connectivity index (χ0n) is 22.7. The lowest BCUT2D eigenvalue weighted by molar-refractivity contribution is 0.182. The first-order chi connectivity index (χ1) is 18.7. The maximum absolute atomic E-state index is 6.02. The van der Waals surface area contributed by atoms with E-state index in [1.165, 1.54) is 60.9 Å². The van der Waals surface area contributed by atoms with Crippen LogP contribution >= 0.6 is 0 Å². The average Bonchev–Trinajstić information content (AvgIpc) is 3.71. The number of likely N-dealkylation sites (tertiary alicyclic amines) is 2. The summed E-state index contributed by atoms with van der Waals surface area (Å²) < 4.78 is 8.22. The minimum Gasteiger partial charge on any atom is -0.461 e. The molecule has 2 aliphatic heterocycles. The number of rotatable bonds is 10. The van der Waals surface area contributed by atoms with Gasteiger partial charge in [-0.3, -0.25) is 9.58 Å². The number of aryl methyl sites for hydroxylation is 2. The summed E-state index contributed by atoms with van der Waals surface area (Å²) in [6.45, 7) is 11.0. The Morgan fingerprint density at radius 1 is 0.921 bits per heavy atom. The summed E-state index contributed by atoms with van der Waals surface area (Å²) in [5.74, 6) is 2.55. The van der Waals surface area contributed by atoms with E-state index in [9.17, 15) is 0 Å². The fraction of sp³-hybridized carbons (Fsp3) is 0.469. The van der Waals surface area contributed by atoms with Crippen molar-refractivity contribution in [2.45, 2.75) is 52.1 Å². The van der Waals surface area contributed by atoms with E-state index in [0.717, 1.165) is 62.8 Å². The van der Waals surface area contributed by atoms with Gasteiger partial charge in [0.2, 0.25) is 0 Å². The number of fused-ring (bicyclic) bond motifs is 1. The van der Waals surface area contributed by atoms with Gasteiger partial charge in [0.25, 0.3) is 0 Å². The molecule has 0 aliphatic carbocycles. The highest BCUT2D eigenvalue weighted by atomic mass is 16.3. The van der Waals surface area contributed by atoms with Crippen LogP contribution in [0.25, 0.3) is 22.2 Å². The van der Waals surface area contributed by atoms with Crippen molar-refractivity contribution in [3.05, 3.63) is 72.1 Å². The highest BCUT2D eigenvalue weighted by Crippen LogP contribution is 2.33. The Kier molecular flexibility index (Phi) is 7.79.